The van der Waals surface area contributed by atoms with Crippen LogP contribution in [0.4, 0.5) is 4.39 Å². The first kappa shape index (κ1) is 15.6. The molecule has 5 heteroatoms. The number of aromatic nitrogens is 1. The summed E-state index contributed by atoms with van der Waals surface area (Å²) in [5, 5.41) is 0. The van der Waals surface area contributed by atoms with Gasteiger partial charge in [0.1, 0.15) is 17.3 Å². The van der Waals surface area contributed by atoms with Gasteiger partial charge in [-0.2, -0.15) is 0 Å². The molecule has 0 amide bonds. The molecule has 126 valence electrons. The van der Waals surface area contributed by atoms with Crippen LogP contribution in [0.15, 0.2) is 59.5 Å². The van der Waals surface area contributed by atoms with E-state index < -0.39 is 5.82 Å². The predicted molar refractivity (Wildman–Crippen MR) is 89.7 cm³/mol. The molecule has 0 spiro atoms. The van der Waals surface area contributed by atoms with Gasteiger partial charge in [0.25, 0.3) is 0 Å². The molecule has 0 radical (unpaired) electrons. The Bertz CT molecular complexity index is 905. The standard InChI is InChI=1S/C20H16FNO3/c21-17-7-13(5-6-16(17)20-10-22-12-25-20)8-18(23)15-9-14-3-1-2-4-19(14)24-11-15/h1-7,10,12,15H,8-9,11H2. The summed E-state index contributed by atoms with van der Waals surface area (Å²) < 4.78 is 25.1. The van der Waals surface area contributed by atoms with E-state index in [-0.39, 0.29) is 18.1 Å². The molecule has 0 fully saturated rings. The largest absolute Gasteiger partial charge is 0.493 e. The van der Waals surface area contributed by atoms with Crippen molar-refractivity contribution in [3.63, 3.8) is 0 Å². The third-order valence-electron chi connectivity index (χ3n) is 4.44. The topological polar surface area (TPSA) is 52.3 Å². The summed E-state index contributed by atoms with van der Waals surface area (Å²) in [4.78, 5) is 16.4. The maximum atomic E-state index is 14.3. The molecular formula is C20H16FNO3. The zero-order chi connectivity index (χ0) is 17.2. The SMILES string of the molecule is O=C(Cc1ccc(-c2cnco2)c(F)c1)C1COc2ccccc2C1. The fourth-order valence-corrected chi connectivity index (χ4v) is 3.10. The lowest BCUT2D eigenvalue weighted by Crippen LogP contribution is -2.29. The van der Waals surface area contributed by atoms with E-state index in [9.17, 15) is 9.18 Å². The summed E-state index contributed by atoms with van der Waals surface area (Å²) in [6, 6.07) is 12.5. The normalized spacial score (nSPS) is 16.1. The van der Waals surface area contributed by atoms with Crippen molar-refractivity contribution in [2.24, 2.45) is 5.92 Å². The number of hydrogen-bond donors (Lipinski definition) is 0. The van der Waals surface area contributed by atoms with Crippen molar-refractivity contribution in [1.82, 2.24) is 4.98 Å². The number of benzene rings is 2. The number of nitrogens with zero attached hydrogens (tertiary/aromatic N) is 1. The van der Waals surface area contributed by atoms with Crippen LogP contribution in [-0.4, -0.2) is 17.4 Å². The molecule has 1 aliphatic rings. The molecule has 4 rings (SSSR count). The van der Waals surface area contributed by atoms with Crippen LogP contribution in [0.2, 0.25) is 0 Å². The number of ketones is 1. The van der Waals surface area contributed by atoms with Gasteiger partial charge in [0.2, 0.25) is 0 Å². The van der Waals surface area contributed by atoms with Crippen molar-refractivity contribution >= 4 is 5.78 Å². The van der Waals surface area contributed by atoms with Gasteiger partial charge in [-0.05, 0) is 35.7 Å². The second-order valence-electron chi connectivity index (χ2n) is 6.14. The highest BCUT2D eigenvalue weighted by Gasteiger charge is 2.25. The summed E-state index contributed by atoms with van der Waals surface area (Å²) in [6.45, 7) is 0.370. The Morgan fingerprint density at radius 1 is 1.24 bits per heavy atom. The summed E-state index contributed by atoms with van der Waals surface area (Å²) in [7, 11) is 0. The van der Waals surface area contributed by atoms with Crippen LogP contribution in [0.5, 0.6) is 5.75 Å². The molecule has 25 heavy (non-hydrogen) atoms. The summed E-state index contributed by atoms with van der Waals surface area (Å²) in [6.07, 6.45) is 3.56. The number of hydrogen-bond acceptors (Lipinski definition) is 4. The summed E-state index contributed by atoms with van der Waals surface area (Å²) in [5.41, 5.74) is 2.02. The Morgan fingerprint density at radius 3 is 2.92 bits per heavy atom. The van der Waals surface area contributed by atoms with Gasteiger partial charge in [-0.15, -0.1) is 0 Å². The molecule has 2 aromatic carbocycles. The van der Waals surface area contributed by atoms with Crippen LogP contribution in [0.25, 0.3) is 11.3 Å². The van der Waals surface area contributed by atoms with Gasteiger partial charge in [-0.25, -0.2) is 9.37 Å². The molecule has 0 saturated carbocycles. The van der Waals surface area contributed by atoms with Gasteiger partial charge in [-0.3, -0.25) is 4.79 Å². The molecule has 2 heterocycles. The second-order valence-corrected chi connectivity index (χ2v) is 6.14. The first-order chi connectivity index (χ1) is 12.2. The maximum Gasteiger partial charge on any atom is 0.181 e. The van der Waals surface area contributed by atoms with E-state index in [0.717, 1.165) is 11.3 Å². The lowest BCUT2D eigenvalue weighted by molar-refractivity contribution is -0.123. The van der Waals surface area contributed by atoms with Crippen LogP contribution < -0.4 is 4.74 Å². The van der Waals surface area contributed by atoms with E-state index in [4.69, 9.17) is 9.15 Å². The maximum absolute atomic E-state index is 14.3. The van der Waals surface area contributed by atoms with Crippen molar-refractivity contribution < 1.29 is 18.3 Å². The molecule has 0 N–H and O–H groups in total. The second kappa shape index (κ2) is 6.51. The molecule has 0 aliphatic carbocycles. The van der Waals surface area contributed by atoms with Crippen molar-refractivity contribution in [2.75, 3.05) is 6.61 Å². The molecule has 0 bridgehead atoms. The average molecular weight is 337 g/mol. The number of halogens is 1. The highest BCUT2D eigenvalue weighted by Crippen LogP contribution is 2.28. The minimum absolute atomic E-state index is 0.0568. The minimum Gasteiger partial charge on any atom is -0.493 e. The lowest BCUT2D eigenvalue weighted by Gasteiger charge is -2.24. The molecule has 1 unspecified atom stereocenters. The van der Waals surface area contributed by atoms with Gasteiger partial charge in [0.05, 0.1) is 24.3 Å². The monoisotopic (exact) mass is 337 g/mol. The number of ether oxygens (including phenoxy) is 1. The summed E-state index contributed by atoms with van der Waals surface area (Å²) >= 11 is 0. The van der Waals surface area contributed by atoms with Gasteiger partial charge in [0.15, 0.2) is 12.2 Å². The number of rotatable bonds is 4. The first-order valence-corrected chi connectivity index (χ1v) is 8.11. The van der Waals surface area contributed by atoms with Crippen molar-refractivity contribution in [3.05, 3.63) is 72.0 Å². The van der Waals surface area contributed by atoms with Crippen LogP contribution in [0.1, 0.15) is 11.1 Å². The van der Waals surface area contributed by atoms with Gasteiger partial charge in [0, 0.05) is 6.42 Å². The number of para-hydroxylation sites is 1. The van der Waals surface area contributed by atoms with E-state index in [1.54, 1.807) is 12.1 Å². The highest BCUT2D eigenvalue weighted by atomic mass is 19.1. The van der Waals surface area contributed by atoms with Gasteiger partial charge < -0.3 is 9.15 Å². The lowest BCUT2D eigenvalue weighted by atomic mass is 9.90. The summed E-state index contributed by atoms with van der Waals surface area (Å²) in [5.74, 6) is 0.641. The van der Waals surface area contributed by atoms with Crippen LogP contribution >= 0.6 is 0 Å². The van der Waals surface area contributed by atoms with E-state index >= 15 is 0 Å². The predicted octanol–water partition coefficient (Wildman–Crippen LogP) is 3.84. The Hall–Kier alpha value is -2.95. The van der Waals surface area contributed by atoms with E-state index in [1.165, 1.54) is 18.7 Å². The molecule has 4 nitrogen and oxygen atoms in total. The molecular weight excluding hydrogens is 321 g/mol. The minimum atomic E-state index is -0.424. The fraction of sp³-hybridized carbons (Fsp3) is 0.200. The fourth-order valence-electron chi connectivity index (χ4n) is 3.10. The van der Waals surface area contributed by atoms with Crippen molar-refractivity contribution in [2.45, 2.75) is 12.8 Å². The van der Waals surface area contributed by atoms with Crippen molar-refractivity contribution in [3.8, 4) is 17.1 Å². The van der Waals surface area contributed by atoms with Gasteiger partial charge in [-0.1, -0.05) is 24.3 Å². The molecule has 1 aliphatic heterocycles. The number of oxazole rings is 1. The number of carbonyl (C=O) groups is 1. The van der Waals surface area contributed by atoms with Crippen LogP contribution in [0, 0.1) is 11.7 Å². The Balaban J connectivity index is 1.47. The third-order valence-corrected chi connectivity index (χ3v) is 4.44. The zero-order valence-electron chi connectivity index (χ0n) is 13.4. The van der Waals surface area contributed by atoms with E-state index in [0.29, 0.717) is 29.9 Å². The van der Waals surface area contributed by atoms with Crippen LogP contribution in [-0.2, 0) is 17.6 Å². The van der Waals surface area contributed by atoms with Crippen LogP contribution in [0.3, 0.4) is 0 Å². The molecule has 1 aromatic heterocycles. The van der Waals surface area contributed by atoms with Gasteiger partial charge >= 0.3 is 0 Å². The Morgan fingerprint density at radius 2 is 2.12 bits per heavy atom. The Labute approximate surface area is 144 Å². The first-order valence-electron chi connectivity index (χ1n) is 8.11. The molecule has 0 saturated heterocycles. The number of fused-ring (bicyclic) bond motifs is 1. The number of carbonyl (C=O) groups excluding carboxylic acids is 1. The highest BCUT2D eigenvalue weighted by molar-refractivity contribution is 5.84. The third kappa shape index (κ3) is 3.18. The van der Waals surface area contributed by atoms with E-state index in [1.807, 2.05) is 24.3 Å². The zero-order valence-corrected chi connectivity index (χ0v) is 13.4. The smallest absolute Gasteiger partial charge is 0.181 e. The van der Waals surface area contributed by atoms with E-state index in [2.05, 4.69) is 4.98 Å². The van der Waals surface area contributed by atoms with Crippen molar-refractivity contribution in [1.29, 1.82) is 0 Å². The number of Topliss-reactive ketones (excluding diaryl/α,β-unsaturated/α-hetero) is 1. The Kier molecular flexibility index (Phi) is 4.06. The molecule has 3 aromatic rings. The quantitative estimate of drug-likeness (QED) is 0.726. The molecule has 1 atom stereocenters. The average Bonchev–Trinajstić information content (AvgIpc) is 3.15.